The highest BCUT2D eigenvalue weighted by Crippen LogP contribution is 2.28. The van der Waals surface area contributed by atoms with Gasteiger partial charge in [-0.2, -0.15) is 0 Å². The van der Waals surface area contributed by atoms with E-state index in [2.05, 4.69) is 4.98 Å². The second kappa shape index (κ2) is 4.73. The van der Waals surface area contributed by atoms with Gasteiger partial charge in [-0.15, -0.1) is 0 Å². The standard InChI is InChI=1S/C12H7Cl2NO2/c13-9-3-4-15-11-6-10(14)7(5-8(9)11)1-2-12(16)17/h1-6H,(H,16,17)/b2-1+. The molecule has 0 aliphatic carbocycles. The smallest absolute Gasteiger partial charge is 0.328 e. The lowest BCUT2D eigenvalue weighted by atomic mass is 10.1. The third-order valence-electron chi connectivity index (χ3n) is 2.21. The Balaban J connectivity index is 2.61. The minimum Gasteiger partial charge on any atom is -0.478 e. The number of carboxylic acid groups (broad SMARTS) is 1. The average molecular weight is 268 g/mol. The number of aromatic nitrogens is 1. The van der Waals surface area contributed by atoms with E-state index in [1.807, 2.05) is 0 Å². The van der Waals surface area contributed by atoms with Crippen molar-refractivity contribution in [2.24, 2.45) is 0 Å². The molecule has 1 aromatic carbocycles. The number of benzene rings is 1. The van der Waals surface area contributed by atoms with Crippen LogP contribution in [0.4, 0.5) is 0 Å². The van der Waals surface area contributed by atoms with Crippen LogP contribution in [-0.2, 0) is 4.79 Å². The van der Waals surface area contributed by atoms with Gasteiger partial charge in [0.15, 0.2) is 0 Å². The van der Waals surface area contributed by atoms with E-state index in [1.54, 1.807) is 24.4 Å². The third kappa shape index (κ3) is 2.57. The highest BCUT2D eigenvalue weighted by Gasteiger charge is 2.05. The first-order valence-corrected chi connectivity index (χ1v) is 5.48. The fourth-order valence-corrected chi connectivity index (χ4v) is 1.87. The van der Waals surface area contributed by atoms with E-state index in [-0.39, 0.29) is 0 Å². The van der Waals surface area contributed by atoms with Gasteiger partial charge in [0.2, 0.25) is 0 Å². The number of carboxylic acids is 1. The molecule has 0 saturated carbocycles. The minimum absolute atomic E-state index is 0.435. The van der Waals surface area contributed by atoms with Crippen LogP contribution >= 0.6 is 23.2 Å². The van der Waals surface area contributed by atoms with Crippen molar-refractivity contribution < 1.29 is 9.90 Å². The molecule has 0 saturated heterocycles. The van der Waals surface area contributed by atoms with Gasteiger partial charge in [0.05, 0.1) is 10.5 Å². The molecule has 0 amide bonds. The van der Waals surface area contributed by atoms with Crippen molar-refractivity contribution in [3.63, 3.8) is 0 Å². The first-order chi connectivity index (χ1) is 8.08. The van der Waals surface area contributed by atoms with Crippen LogP contribution in [0.5, 0.6) is 0 Å². The van der Waals surface area contributed by atoms with Crippen molar-refractivity contribution >= 4 is 46.2 Å². The van der Waals surface area contributed by atoms with Gasteiger partial charge in [-0.05, 0) is 29.8 Å². The lowest BCUT2D eigenvalue weighted by molar-refractivity contribution is -0.131. The molecule has 0 unspecified atom stereocenters. The van der Waals surface area contributed by atoms with Crippen molar-refractivity contribution in [2.45, 2.75) is 0 Å². The van der Waals surface area contributed by atoms with Gasteiger partial charge in [-0.3, -0.25) is 4.98 Å². The molecule has 2 rings (SSSR count). The fraction of sp³-hybridized carbons (Fsp3) is 0. The first-order valence-electron chi connectivity index (χ1n) is 4.72. The highest BCUT2D eigenvalue weighted by atomic mass is 35.5. The van der Waals surface area contributed by atoms with Crippen molar-refractivity contribution in [2.75, 3.05) is 0 Å². The largest absolute Gasteiger partial charge is 0.478 e. The van der Waals surface area contributed by atoms with Gasteiger partial charge in [0.1, 0.15) is 0 Å². The number of rotatable bonds is 2. The Hall–Kier alpha value is -1.58. The molecule has 2 aromatic rings. The van der Waals surface area contributed by atoms with Crippen LogP contribution in [0.3, 0.4) is 0 Å². The van der Waals surface area contributed by atoms with E-state index in [4.69, 9.17) is 28.3 Å². The Bertz CT molecular complexity index is 623. The van der Waals surface area contributed by atoms with Crippen molar-refractivity contribution in [1.29, 1.82) is 0 Å². The van der Waals surface area contributed by atoms with E-state index in [1.165, 1.54) is 6.08 Å². The van der Waals surface area contributed by atoms with E-state index >= 15 is 0 Å². The summed E-state index contributed by atoms with van der Waals surface area (Å²) >= 11 is 12.0. The van der Waals surface area contributed by atoms with Crippen molar-refractivity contribution in [3.8, 4) is 0 Å². The van der Waals surface area contributed by atoms with E-state index < -0.39 is 5.97 Å². The Morgan fingerprint density at radius 2 is 2.06 bits per heavy atom. The molecule has 0 atom stereocenters. The van der Waals surface area contributed by atoms with Crippen LogP contribution in [0.2, 0.25) is 10.0 Å². The third-order valence-corrected chi connectivity index (χ3v) is 2.87. The zero-order chi connectivity index (χ0) is 12.4. The molecule has 0 spiro atoms. The predicted molar refractivity (Wildman–Crippen MR) is 68.4 cm³/mol. The molecule has 5 heteroatoms. The van der Waals surface area contributed by atoms with E-state index in [0.717, 1.165) is 11.5 Å². The maximum absolute atomic E-state index is 10.4. The predicted octanol–water partition coefficient (Wildman–Crippen LogP) is 3.64. The van der Waals surface area contributed by atoms with Crippen LogP contribution < -0.4 is 0 Å². The molecule has 3 nitrogen and oxygen atoms in total. The van der Waals surface area contributed by atoms with Crippen LogP contribution in [0.1, 0.15) is 5.56 Å². The normalized spacial score (nSPS) is 11.2. The number of halogens is 2. The number of fused-ring (bicyclic) bond motifs is 1. The summed E-state index contributed by atoms with van der Waals surface area (Å²) in [6, 6.07) is 5.04. The number of pyridine rings is 1. The number of carbonyl (C=O) groups is 1. The number of aliphatic carboxylic acids is 1. The summed E-state index contributed by atoms with van der Waals surface area (Å²) in [5.74, 6) is -1.03. The highest BCUT2D eigenvalue weighted by molar-refractivity contribution is 6.36. The molecule has 0 aliphatic rings. The Morgan fingerprint density at radius 3 is 2.76 bits per heavy atom. The molecule has 0 fully saturated rings. The van der Waals surface area contributed by atoms with Crippen LogP contribution in [0, 0.1) is 0 Å². The van der Waals surface area contributed by atoms with E-state index in [0.29, 0.717) is 21.1 Å². The number of hydrogen-bond donors (Lipinski definition) is 1. The molecule has 0 radical (unpaired) electrons. The van der Waals surface area contributed by atoms with Crippen molar-refractivity contribution in [3.05, 3.63) is 46.1 Å². The summed E-state index contributed by atoms with van der Waals surface area (Å²) in [5, 5.41) is 10.3. The second-order valence-corrected chi connectivity index (χ2v) is 4.17. The van der Waals surface area contributed by atoms with Gasteiger partial charge in [0.25, 0.3) is 0 Å². The summed E-state index contributed by atoms with van der Waals surface area (Å²) in [4.78, 5) is 14.6. The van der Waals surface area contributed by atoms with Crippen molar-refractivity contribution in [1.82, 2.24) is 4.98 Å². The van der Waals surface area contributed by atoms with Crippen LogP contribution in [0.15, 0.2) is 30.5 Å². The Labute approximate surface area is 107 Å². The second-order valence-electron chi connectivity index (χ2n) is 3.36. The molecular formula is C12H7Cl2NO2. The van der Waals surface area contributed by atoms with E-state index in [9.17, 15) is 4.79 Å². The number of hydrogen-bond acceptors (Lipinski definition) is 2. The summed E-state index contributed by atoms with van der Waals surface area (Å²) in [6.45, 7) is 0. The lowest BCUT2D eigenvalue weighted by Gasteiger charge is -2.03. The SMILES string of the molecule is O=C(O)/C=C/c1cc2c(Cl)ccnc2cc1Cl. The first kappa shape index (κ1) is 11.9. The van der Waals surface area contributed by atoms with Crippen LogP contribution in [0.25, 0.3) is 17.0 Å². The summed E-state index contributed by atoms with van der Waals surface area (Å²) < 4.78 is 0. The lowest BCUT2D eigenvalue weighted by Crippen LogP contribution is -1.87. The molecule has 86 valence electrons. The maximum atomic E-state index is 10.4. The zero-order valence-corrected chi connectivity index (χ0v) is 10.0. The maximum Gasteiger partial charge on any atom is 0.328 e. The summed E-state index contributed by atoms with van der Waals surface area (Å²) in [7, 11) is 0. The summed E-state index contributed by atoms with van der Waals surface area (Å²) in [5.41, 5.74) is 1.27. The topological polar surface area (TPSA) is 50.2 Å². The molecular weight excluding hydrogens is 261 g/mol. The molecule has 1 aromatic heterocycles. The van der Waals surface area contributed by atoms with Crippen LogP contribution in [-0.4, -0.2) is 16.1 Å². The summed E-state index contributed by atoms with van der Waals surface area (Å²) in [6.07, 6.45) is 4.04. The van der Waals surface area contributed by atoms with Gasteiger partial charge in [-0.25, -0.2) is 4.79 Å². The molecule has 1 N–H and O–H groups in total. The Kier molecular flexibility index (Phi) is 3.31. The van der Waals surface area contributed by atoms with Gasteiger partial charge >= 0.3 is 5.97 Å². The number of nitrogens with zero attached hydrogens (tertiary/aromatic N) is 1. The molecule has 0 aliphatic heterocycles. The zero-order valence-electron chi connectivity index (χ0n) is 8.52. The average Bonchev–Trinajstić information content (AvgIpc) is 2.27. The monoisotopic (exact) mass is 267 g/mol. The van der Waals surface area contributed by atoms with Gasteiger partial charge < -0.3 is 5.11 Å². The van der Waals surface area contributed by atoms with Gasteiger partial charge in [-0.1, -0.05) is 23.2 Å². The quantitative estimate of drug-likeness (QED) is 0.846. The molecule has 1 heterocycles. The molecule has 0 bridgehead atoms. The minimum atomic E-state index is -1.03. The molecule has 17 heavy (non-hydrogen) atoms. The Morgan fingerprint density at radius 1 is 1.29 bits per heavy atom. The van der Waals surface area contributed by atoms with Gasteiger partial charge in [0, 0.05) is 22.7 Å². The fourth-order valence-electron chi connectivity index (χ4n) is 1.44.